The Morgan fingerprint density at radius 3 is 2.58 bits per heavy atom. The quantitative estimate of drug-likeness (QED) is 0.768. The zero-order chi connectivity index (χ0) is 17.3. The van der Waals surface area contributed by atoms with Gasteiger partial charge in [0.1, 0.15) is 5.58 Å². The zero-order valence-electron chi connectivity index (χ0n) is 12.8. The molecular weight excluding hydrogens is 316 g/mol. The van der Waals surface area contributed by atoms with Crippen LogP contribution in [-0.4, -0.2) is 17.1 Å². The lowest BCUT2D eigenvalue weighted by Crippen LogP contribution is -2.36. The van der Waals surface area contributed by atoms with Gasteiger partial charge in [-0.05, 0) is 36.8 Å². The van der Waals surface area contributed by atoms with Crippen LogP contribution in [0.25, 0.3) is 11.0 Å². The number of fused-ring (bicyclic) bond motifs is 1. The Balaban J connectivity index is 1.74. The molecule has 0 fully saturated rings. The number of para-hydroxylation sites is 1. The standard InChI is InChI=1S/C18H15F2NO3/c1-10(17(22)12-6-7-13(19)14(20)8-12)21-18(23)16-9-11-4-2-3-5-15(11)24-16/h2-10,17,22H,1H3,(H,21,23). The molecule has 1 aromatic heterocycles. The maximum Gasteiger partial charge on any atom is 0.287 e. The average Bonchev–Trinajstić information content (AvgIpc) is 3.01. The topological polar surface area (TPSA) is 62.5 Å². The van der Waals surface area contributed by atoms with E-state index < -0.39 is 29.7 Å². The van der Waals surface area contributed by atoms with Crippen molar-refractivity contribution in [3.8, 4) is 0 Å². The van der Waals surface area contributed by atoms with Gasteiger partial charge in [0.05, 0.1) is 12.1 Å². The fourth-order valence-electron chi connectivity index (χ4n) is 2.44. The first kappa shape index (κ1) is 16.1. The summed E-state index contributed by atoms with van der Waals surface area (Å²) in [5.74, 6) is -2.44. The van der Waals surface area contributed by atoms with Crippen LogP contribution in [0.1, 0.15) is 29.1 Å². The molecular formula is C18H15F2NO3. The molecule has 0 saturated heterocycles. The maximum atomic E-state index is 13.3. The van der Waals surface area contributed by atoms with Crippen molar-refractivity contribution in [2.24, 2.45) is 0 Å². The third kappa shape index (κ3) is 3.14. The van der Waals surface area contributed by atoms with E-state index in [0.717, 1.165) is 17.5 Å². The maximum absolute atomic E-state index is 13.3. The van der Waals surface area contributed by atoms with E-state index in [4.69, 9.17) is 4.42 Å². The first-order chi connectivity index (χ1) is 11.5. The first-order valence-electron chi connectivity index (χ1n) is 7.38. The molecule has 124 valence electrons. The molecule has 3 aromatic rings. The SMILES string of the molecule is CC(NC(=O)c1cc2ccccc2o1)C(O)c1ccc(F)c(F)c1. The molecule has 0 radical (unpaired) electrons. The summed E-state index contributed by atoms with van der Waals surface area (Å²) in [7, 11) is 0. The van der Waals surface area contributed by atoms with Crippen LogP contribution < -0.4 is 5.32 Å². The smallest absolute Gasteiger partial charge is 0.287 e. The summed E-state index contributed by atoms with van der Waals surface area (Å²) < 4.78 is 31.7. The molecule has 0 aliphatic carbocycles. The summed E-state index contributed by atoms with van der Waals surface area (Å²) in [5.41, 5.74) is 0.753. The van der Waals surface area contributed by atoms with E-state index in [2.05, 4.69) is 5.32 Å². The lowest BCUT2D eigenvalue weighted by atomic mass is 10.0. The molecule has 3 rings (SSSR count). The van der Waals surface area contributed by atoms with Gasteiger partial charge in [0, 0.05) is 5.39 Å². The zero-order valence-corrected chi connectivity index (χ0v) is 12.8. The van der Waals surface area contributed by atoms with E-state index in [0.29, 0.717) is 5.58 Å². The van der Waals surface area contributed by atoms with Crippen LogP contribution >= 0.6 is 0 Å². The van der Waals surface area contributed by atoms with Crippen molar-refractivity contribution in [1.82, 2.24) is 5.32 Å². The normalized spacial score (nSPS) is 13.7. The average molecular weight is 331 g/mol. The van der Waals surface area contributed by atoms with E-state index >= 15 is 0 Å². The predicted octanol–water partition coefficient (Wildman–Crippen LogP) is 3.56. The van der Waals surface area contributed by atoms with Crippen LogP contribution in [0.5, 0.6) is 0 Å². The number of furan rings is 1. The van der Waals surface area contributed by atoms with Gasteiger partial charge in [0.25, 0.3) is 5.91 Å². The molecule has 4 nitrogen and oxygen atoms in total. The minimum absolute atomic E-state index is 0.112. The lowest BCUT2D eigenvalue weighted by Gasteiger charge is -2.20. The van der Waals surface area contributed by atoms with E-state index in [1.807, 2.05) is 12.1 Å². The monoisotopic (exact) mass is 331 g/mol. The van der Waals surface area contributed by atoms with Crippen molar-refractivity contribution in [1.29, 1.82) is 0 Å². The lowest BCUT2D eigenvalue weighted by molar-refractivity contribution is 0.0827. The summed E-state index contributed by atoms with van der Waals surface area (Å²) in [4.78, 5) is 12.2. The van der Waals surface area contributed by atoms with E-state index in [-0.39, 0.29) is 11.3 Å². The van der Waals surface area contributed by atoms with Crippen molar-refractivity contribution in [2.75, 3.05) is 0 Å². The van der Waals surface area contributed by atoms with Crippen LogP contribution in [0, 0.1) is 11.6 Å². The molecule has 0 aliphatic heterocycles. The number of nitrogens with one attached hydrogen (secondary N) is 1. The second-order valence-electron chi connectivity index (χ2n) is 5.53. The Morgan fingerprint density at radius 1 is 1.12 bits per heavy atom. The molecule has 0 saturated carbocycles. The van der Waals surface area contributed by atoms with Gasteiger partial charge in [-0.1, -0.05) is 24.3 Å². The van der Waals surface area contributed by atoms with E-state index in [1.165, 1.54) is 6.07 Å². The highest BCUT2D eigenvalue weighted by Crippen LogP contribution is 2.21. The van der Waals surface area contributed by atoms with Crippen LogP contribution in [0.15, 0.2) is 52.9 Å². The third-order valence-electron chi connectivity index (χ3n) is 3.77. The van der Waals surface area contributed by atoms with Gasteiger partial charge in [0.2, 0.25) is 0 Å². The second-order valence-corrected chi connectivity index (χ2v) is 5.53. The number of hydrogen-bond acceptors (Lipinski definition) is 3. The number of benzene rings is 2. The summed E-state index contributed by atoms with van der Waals surface area (Å²) in [6, 6.07) is 11.2. The first-order valence-corrected chi connectivity index (χ1v) is 7.38. The third-order valence-corrected chi connectivity index (χ3v) is 3.77. The van der Waals surface area contributed by atoms with Gasteiger partial charge >= 0.3 is 0 Å². The van der Waals surface area contributed by atoms with E-state index in [1.54, 1.807) is 25.1 Å². The molecule has 2 aromatic carbocycles. The number of rotatable bonds is 4. The molecule has 0 bridgehead atoms. The molecule has 0 spiro atoms. The molecule has 2 atom stereocenters. The number of carbonyl (C=O) groups is 1. The fraction of sp³-hybridized carbons (Fsp3) is 0.167. The van der Waals surface area contributed by atoms with Gasteiger partial charge in [-0.25, -0.2) is 8.78 Å². The number of amides is 1. The minimum Gasteiger partial charge on any atom is -0.451 e. The van der Waals surface area contributed by atoms with E-state index in [9.17, 15) is 18.7 Å². The Kier molecular flexibility index (Phi) is 4.31. The van der Waals surface area contributed by atoms with Crippen LogP contribution in [0.2, 0.25) is 0 Å². The van der Waals surface area contributed by atoms with Crippen molar-refractivity contribution >= 4 is 16.9 Å². The van der Waals surface area contributed by atoms with Gasteiger partial charge in [-0.2, -0.15) is 0 Å². The Hall–Kier alpha value is -2.73. The number of hydrogen-bond donors (Lipinski definition) is 2. The molecule has 1 amide bonds. The summed E-state index contributed by atoms with van der Waals surface area (Å²) in [5, 5.41) is 13.6. The van der Waals surface area contributed by atoms with Crippen molar-refractivity contribution in [2.45, 2.75) is 19.1 Å². The predicted molar refractivity (Wildman–Crippen MR) is 84.5 cm³/mol. The van der Waals surface area contributed by atoms with Crippen LogP contribution in [0.3, 0.4) is 0 Å². The highest BCUT2D eigenvalue weighted by Gasteiger charge is 2.22. The highest BCUT2D eigenvalue weighted by atomic mass is 19.2. The minimum atomic E-state index is -1.19. The molecule has 2 N–H and O–H groups in total. The molecule has 1 heterocycles. The second kappa shape index (κ2) is 6.41. The Labute approximate surface area is 136 Å². The van der Waals surface area contributed by atoms with Crippen LogP contribution in [-0.2, 0) is 0 Å². The summed E-state index contributed by atoms with van der Waals surface area (Å²) >= 11 is 0. The molecule has 24 heavy (non-hydrogen) atoms. The number of aliphatic hydroxyl groups is 1. The molecule has 0 aliphatic rings. The number of carbonyl (C=O) groups excluding carboxylic acids is 1. The fourth-order valence-corrected chi connectivity index (χ4v) is 2.44. The Bertz CT molecular complexity index is 858. The number of halogens is 2. The molecule has 2 unspecified atom stereocenters. The Morgan fingerprint density at radius 2 is 1.88 bits per heavy atom. The van der Waals surface area contributed by atoms with Gasteiger partial charge in [-0.3, -0.25) is 4.79 Å². The van der Waals surface area contributed by atoms with Gasteiger partial charge < -0.3 is 14.8 Å². The van der Waals surface area contributed by atoms with Crippen LogP contribution in [0.4, 0.5) is 8.78 Å². The van der Waals surface area contributed by atoms with Gasteiger partial charge in [-0.15, -0.1) is 0 Å². The number of aliphatic hydroxyl groups excluding tert-OH is 1. The van der Waals surface area contributed by atoms with Crippen molar-refractivity contribution < 1.29 is 23.1 Å². The highest BCUT2D eigenvalue weighted by molar-refractivity contribution is 5.96. The molecule has 6 heteroatoms. The summed E-state index contributed by atoms with van der Waals surface area (Å²) in [6.07, 6.45) is -1.19. The van der Waals surface area contributed by atoms with Crippen molar-refractivity contribution in [3.05, 3.63) is 71.5 Å². The van der Waals surface area contributed by atoms with Crippen molar-refractivity contribution in [3.63, 3.8) is 0 Å². The van der Waals surface area contributed by atoms with Gasteiger partial charge in [0.15, 0.2) is 17.4 Å². The largest absolute Gasteiger partial charge is 0.451 e. The summed E-state index contributed by atoms with van der Waals surface area (Å²) in [6.45, 7) is 1.56.